The first-order valence-electron chi connectivity index (χ1n) is 5.21. The van der Waals surface area contributed by atoms with Gasteiger partial charge in [-0.05, 0) is 48.2 Å². The Balaban J connectivity index is 2.65. The molecule has 2 aromatic carbocycles. The second-order valence-electron chi connectivity index (χ2n) is 4.00. The van der Waals surface area contributed by atoms with Crippen molar-refractivity contribution in [1.82, 2.24) is 0 Å². The predicted octanol–water partition coefficient (Wildman–Crippen LogP) is 4.21. The highest BCUT2D eigenvalue weighted by Gasteiger charge is 2.07. The number of hydrogen-bond acceptors (Lipinski definition) is 1. The van der Waals surface area contributed by atoms with Gasteiger partial charge in [0, 0.05) is 0 Å². The summed E-state index contributed by atoms with van der Waals surface area (Å²) in [6.45, 7) is 4.15. The van der Waals surface area contributed by atoms with Gasteiger partial charge in [-0.25, -0.2) is 0 Å². The summed E-state index contributed by atoms with van der Waals surface area (Å²) < 4.78 is 0. The Kier molecular flexibility index (Phi) is 2.88. The molecule has 0 aromatic heterocycles. The van der Waals surface area contributed by atoms with E-state index in [0.29, 0.717) is 10.7 Å². The van der Waals surface area contributed by atoms with Gasteiger partial charge in [0.05, 0.1) is 10.7 Å². The van der Waals surface area contributed by atoms with Crippen LogP contribution in [0.15, 0.2) is 36.4 Å². The quantitative estimate of drug-likeness (QED) is 0.732. The van der Waals surface area contributed by atoms with Crippen LogP contribution in [0.2, 0.25) is 5.02 Å². The van der Waals surface area contributed by atoms with Gasteiger partial charge in [-0.3, -0.25) is 0 Å². The van der Waals surface area contributed by atoms with E-state index in [2.05, 4.69) is 26.0 Å². The maximum atomic E-state index is 6.06. The van der Waals surface area contributed by atoms with Crippen LogP contribution in [-0.2, 0) is 0 Å². The van der Waals surface area contributed by atoms with Gasteiger partial charge < -0.3 is 5.73 Å². The summed E-state index contributed by atoms with van der Waals surface area (Å²) in [5.41, 5.74) is 11.2. The molecule has 0 saturated carbocycles. The molecule has 2 heteroatoms. The number of rotatable bonds is 1. The van der Waals surface area contributed by atoms with Gasteiger partial charge in [-0.1, -0.05) is 35.9 Å². The number of benzene rings is 2. The zero-order valence-corrected chi connectivity index (χ0v) is 10.2. The van der Waals surface area contributed by atoms with E-state index in [-0.39, 0.29) is 0 Å². The molecule has 0 heterocycles. The molecule has 2 N–H and O–H groups in total. The molecule has 82 valence electrons. The number of nitrogen functional groups attached to an aromatic ring is 1. The highest BCUT2D eigenvalue weighted by Crippen LogP contribution is 2.32. The molecule has 0 fully saturated rings. The van der Waals surface area contributed by atoms with Crippen molar-refractivity contribution in [2.24, 2.45) is 0 Å². The van der Waals surface area contributed by atoms with Crippen LogP contribution in [0.4, 0.5) is 5.69 Å². The smallest absolute Gasteiger partial charge is 0.0641 e. The fourth-order valence-corrected chi connectivity index (χ4v) is 2.03. The van der Waals surface area contributed by atoms with E-state index in [4.69, 9.17) is 17.3 Å². The number of aryl methyl sites for hydroxylation is 2. The number of nitrogens with two attached hydrogens (primary N) is 1. The average molecular weight is 232 g/mol. The zero-order chi connectivity index (χ0) is 11.7. The van der Waals surface area contributed by atoms with Crippen LogP contribution in [0.3, 0.4) is 0 Å². The summed E-state index contributed by atoms with van der Waals surface area (Å²) >= 11 is 6.06. The Hall–Kier alpha value is -1.47. The van der Waals surface area contributed by atoms with E-state index in [0.717, 1.165) is 11.1 Å². The second-order valence-corrected chi connectivity index (χ2v) is 4.41. The molecular weight excluding hydrogens is 218 g/mol. The Morgan fingerprint density at radius 1 is 0.938 bits per heavy atom. The molecule has 0 amide bonds. The second kappa shape index (κ2) is 4.18. The van der Waals surface area contributed by atoms with Crippen molar-refractivity contribution in [1.29, 1.82) is 0 Å². The van der Waals surface area contributed by atoms with Gasteiger partial charge in [0.1, 0.15) is 0 Å². The normalized spacial score (nSPS) is 10.4. The molecule has 0 aliphatic carbocycles. The van der Waals surface area contributed by atoms with E-state index in [1.807, 2.05) is 24.3 Å². The first-order chi connectivity index (χ1) is 7.59. The molecule has 0 saturated heterocycles. The third kappa shape index (κ3) is 1.91. The van der Waals surface area contributed by atoms with Gasteiger partial charge in [0.25, 0.3) is 0 Å². The monoisotopic (exact) mass is 231 g/mol. The Morgan fingerprint density at radius 2 is 1.62 bits per heavy atom. The fourth-order valence-electron chi connectivity index (χ4n) is 1.87. The standard InChI is InChI=1S/C14H14ClN/c1-9-5-3-4-6-11(9)12-8-13(15)14(16)7-10(12)2/h3-8H,16H2,1-2H3. The van der Waals surface area contributed by atoms with Crippen LogP contribution >= 0.6 is 11.6 Å². The molecule has 2 rings (SSSR count). The van der Waals surface area contributed by atoms with Crippen molar-refractivity contribution in [3.63, 3.8) is 0 Å². The van der Waals surface area contributed by atoms with Crippen molar-refractivity contribution in [2.75, 3.05) is 5.73 Å². The maximum Gasteiger partial charge on any atom is 0.0641 e. The molecule has 16 heavy (non-hydrogen) atoms. The molecular formula is C14H14ClN. The highest BCUT2D eigenvalue weighted by molar-refractivity contribution is 6.33. The molecule has 2 aromatic rings. The molecule has 0 radical (unpaired) electrons. The minimum Gasteiger partial charge on any atom is -0.398 e. The first kappa shape index (κ1) is 11.0. The summed E-state index contributed by atoms with van der Waals surface area (Å²) in [4.78, 5) is 0. The van der Waals surface area contributed by atoms with Crippen molar-refractivity contribution < 1.29 is 0 Å². The molecule has 0 unspecified atom stereocenters. The predicted molar refractivity (Wildman–Crippen MR) is 70.8 cm³/mol. The summed E-state index contributed by atoms with van der Waals surface area (Å²) in [6, 6.07) is 12.1. The summed E-state index contributed by atoms with van der Waals surface area (Å²) in [5, 5.41) is 0.615. The van der Waals surface area contributed by atoms with Crippen LogP contribution in [0, 0.1) is 13.8 Å². The summed E-state index contributed by atoms with van der Waals surface area (Å²) in [6.07, 6.45) is 0. The summed E-state index contributed by atoms with van der Waals surface area (Å²) in [5.74, 6) is 0. The van der Waals surface area contributed by atoms with E-state index in [9.17, 15) is 0 Å². The summed E-state index contributed by atoms with van der Waals surface area (Å²) in [7, 11) is 0. The van der Waals surface area contributed by atoms with Gasteiger partial charge in [0.15, 0.2) is 0 Å². The number of halogens is 1. The van der Waals surface area contributed by atoms with Crippen molar-refractivity contribution in [2.45, 2.75) is 13.8 Å². The van der Waals surface area contributed by atoms with Crippen molar-refractivity contribution in [3.05, 3.63) is 52.5 Å². The minimum atomic E-state index is 0.615. The highest BCUT2D eigenvalue weighted by atomic mass is 35.5. The molecule has 0 aliphatic heterocycles. The van der Waals surface area contributed by atoms with E-state index < -0.39 is 0 Å². The first-order valence-corrected chi connectivity index (χ1v) is 5.59. The third-order valence-corrected chi connectivity index (χ3v) is 3.11. The molecule has 1 nitrogen and oxygen atoms in total. The van der Waals surface area contributed by atoms with Gasteiger partial charge >= 0.3 is 0 Å². The van der Waals surface area contributed by atoms with Crippen LogP contribution < -0.4 is 5.73 Å². The Bertz CT molecular complexity index is 532. The minimum absolute atomic E-state index is 0.615. The van der Waals surface area contributed by atoms with Crippen molar-refractivity contribution >= 4 is 17.3 Å². The molecule has 0 bridgehead atoms. The Morgan fingerprint density at radius 3 is 2.31 bits per heavy atom. The fraction of sp³-hybridized carbons (Fsp3) is 0.143. The largest absolute Gasteiger partial charge is 0.398 e. The van der Waals surface area contributed by atoms with E-state index in [1.165, 1.54) is 11.1 Å². The molecule has 0 atom stereocenters. The molecule has 0 aliphatic rings. The molecule has 0 spiro atoms. The van der Waals surface area contributed by atoms with Crippen LogP contribution in [0.1, 0.15) is 11.1 Å². The lowest BCUT2D eigenvalue weighted by molar-refractivity contribution is 1.41. The third-order valence-electron chi connectivity index (χ3n) is 2.78. The maximum absolute atomic E-state index is 6.06. The van der Waals surface area contributed by atoms with E-state index >= 15 is 0 Å². The lowest BCUT2D eigenvalue weighted by Gasteiger charge is -2.11. The van der Waals surface area contributed by atoms with Gasteiger partial charge in [-0.15, -0.1) is 0 Å². The number of anilines is 1. The zero-order valence-electron chi connectivity index (χ0n) is 9.42. The lowest BCUT2D eigenvalue weighted by Crippen LogP contribution is -1.92. The van der Waals surface area contributed by atoms with Crippen LogP contribution in [0.25, 0.3) is 11.1 Å². The van der Waals surface area contributed by atoms with Gasteiger partial charge in [-0.2, -0.15) is 0 Å². The number of hydrogen-bond donors (Lipinski definition) is 1. The van der Waals surface area contributed by atoms with Crippen LogP contribution in [0.5, 0.6) is 0 Å². The average Bonchev–Trinajstić information content (AvgIpc) is 2.25. The van der Waals surface area contributed by atoms with Gasteiger partial charge in [0.2, 0.25) is 0 Å². The lowest BCUT2D eigenvalue weighted by atomic mass is 9.96. The van der Waals surface area contributed by atoms with E-state index in [1.54, 1.807) is 0 Å². The van der Waals surface area contributed by atoms with Crippen LogP contribution in [-0.4, -0.2) is 0 Å². The topological polar surface area (TPSA) is 26.0 Å². The van der Waals surface area contributed by atoms with Crippen molar-refractivity contribution in [3.8, 4) is 11.1 Å². The SMILES string of the molecule is Cc1ccccc1-c1cc(Cl)c(N)cc1C. The Labute approximate surface area is 101 Å².